The molecule has 0 aromatic heterocycles. The Kier molecular flexibility index (Phi) is 10.1. The van der Waals surface area contributed by atoms with E-state index in [1.807, 2.05) is 18.2 Å². The van der Waals surface area contributed by atoms with Crippen molar-refractivity contribution >= 4 is 5.57 Å². The molecule has 0 bridgehead atoms. The summed E-state index contributed by atoms with van der Waals surface area (Å²) in [6.45, 7) is 4.41. The molecule has 0 atom stereocenters. The molecule has 1 aromatic rings. The van der Waals surface area contributed by atoms with E-state index in [1.54, 1.807) is 0 Å². The van der Waals surface area contributed by atoms with E-state index < -0.39 is 0 Å². The minimum absolute atomic E-state index is 0. The molecule has 1 aliphatic carbocycles. The predicted molar refractivity (Wildman–Crippen MR) is 63.3 cm³/mol. The third kappa shape index (κ3) is 4.26. The second-order valence-electron chi connectivity index (χ2n) is 4.14. The molecular weight excluding hydrogens is 303 g/mol. The van der Waals surface area contributed by atoms with E-state index in [4.69, 9.17) is 0 Å². The Hall–Kier alpha value is -0.0457. The van der Waals surface area contributed by atoms with E-state index in [0.29, 0.717) is 0 Å². The van der Waals surface area contributed by atoms with E-state index in [1.165, 1.54) is 22.3 Å². The van der Waals surface area contributed by atoms with Crippen LogP contribution in [0.2, 0.25) is 0 Å². The van der Waals surface area contributed by atoms with Crippen LogP contribution in [0.3, 0.4) is 0 Å². The van der Waals surface area contributed by atoms with Crippen molar-refractivity contribution in [2.45, 2.75) is 26.9 Å². The van der Waals surface area contributed by atoms with Gasteiger partial charge >= 0.3 is 21.7 Å². The number of rotatable bonds is 2. The Morgan fingerprint density at radius 1 is 1.11 bits per heavy atom. The molecule has 0 amide bonds. The number of aliphatic hydroxyl groups is 1. The molecule has 1 nitrogen and oxygen atoms in total. The molecule has 0 heterocycles. The van der Waals surface area contributed by atoms with Crippen molar-refractivity contribution in [1.82, 2.24) is 0 Å². The van der Waals surface area contributed by atoms with Crippen LogP contribution in [0.15, 0.2) is 41.5 Å². The Labute approximate surface area is 136 Å². The fraction of sp³-hybridized carbons (Fsp3) is 0.286. The van der Waals surface area contributed by atoms with Gasteiger partial charge in [0.15, 0.2) is 0 Å². The molecule has 2 rings (SSSR count). The summed E-state index contributed by atoms with van der Waals surface area (Å²) in [6, 6.07) is 8.09. The van der Waals surface area contributed by atoms with Crippen molar-refractivity contribution in [3.05, 3.63) is 52.6 Å². The van der Waals surface area contributed by atoms with Crippen LogP contribution < -0.4 is 24.8 Å². The Morgan fingerprint density at radius 2 is 1.72 bits per heavy atom. The standard InChI is InChI=1S/C14H16O.2ClH.Ti/c1-10-7-11(2)14(8-10)13-6-4-3-5-12(13)9-15;;;/h3-7,15H,8-9H2,1-2H3;2*1H;/q;;;+2/p-2. The zero-order valence-electron chi connectivity index (χ0n) is 10.5. The Bertz CT molecular complexity index is 453. The number of allylic oxidation sites excluding steroid dienone is 4. The summed E-state index contributed by atoms with van der Waals surface area (Å²) in [5, 5.41) is 9.29. The molecule has 1 N–H and O–H groups in total. The molecule has 0 radical (unpaired) electrons. The predicted octanol–water partition coefficient (Wildman–Crippen LogP) is -2.69. The van der Waals surface area contributed by atoms with E-state index in [-0.39, 0.29) is 53.1 Å². The van der Waals surface area contributed by atoms with Crippen molar-refractivity contribution < 1.29 is 51.6 Å². The van der Waals surface area contributed by atoms with E-state index in [9.17, 15) is 5.11 Å². The number of benzene rings is 1. The quantitative estimate of drug-likeness (QED) is 0.589. The van der Waals surface area contributed by atoms with E-state index >= 15 is 0 Å². The van der Waals surface area contributed by atoms with Gasteiger partial charge in [-0.3, -0.25) is 0 Å². The average Bonchev–Trinajstić information content (AvgIpc) is 2.57. The minimum Gasteiger partial charge on any atom is -1.00 e. The topological polar surface area (TPSA) is 20.2 Å². The fourth-order valence-electron chi connectivity index (χ4n) is 2.19. The van der Waals surface area contributed by atoms with Crippen LogP contribution in [0.1, 0.15) is 31.4 Å². The molecule has 0 unspecified atom stereocenters. The molecule has 0 spiro atoms. The maximum atomic E-state index is 9.29. The first-order chi connectivity index (χ1) is 7.22. The summed E-state index contributed by atoms with van der Waals surface area (Å²) >= 11 is 0. The number of hydrogen-bond donors (Lipinski definition) is 1. The normalized spacial score (nSPS) is 13.2. The molecule has 96 valence electrons. The number of aliphatic hydroxyl groups excluding tert-OH is 1. The largest absolute Gasteiger partial charge is 2.00 e. The van der Waals surface area contributed by atoms with Gasteiger partial charge in [-0.1, -0.05) is 35.9 Å². The van der Waals surface area contributed by atoms with Crippen LogP contribution in [0.4, 0.5) is 0 Å². The third-order valence-electron chi connectivity index (χ3n) is 2.91. The molecule has 0 saturated heterocycles. The summed E-state index contributed by atoms with van der Waals surface area (Å²) in [4.78, 5) is 0. The van der Waals surface area contributed by atoms with Crippen LogP contribution in [0, 0.1) is 0 Å². The van der Waals surface area contributed by atoms with E-state index in [0.717, 1.165) is 12.0 Å². The average molecular weight is 319 g/mol. The fourth-order valence-corrected chi connectivity index (χ4v) is 2.19. The first-order valence-corrected chi connectivity index (χ1v) is 5.28. The van der Waals surface area contributed by atoms with Crippen molar-refractivity contribution in [1.29, 1.82) is 0 Å². The number of halogens is 2. The molecule has 18 heavy (non-hydrogen) atoms. The zero-order valence-corrected chi connectivity index (χ0v) is 13.6. The summed E-state index contributed by atoms with van der Waals surface area (Å²) in [6.07, 6.45) is 3.24. The van der Waals surface area contributed by atoms with Gasteiger partial charge < -0.3 is 29.9 Å². The molecule has 1 aliphatic rings. The van der Waals surface area contributed by atoms with Crippen LogP contribution in [-0.2, 0) is 28.3 Å². The third-order valence-corrected chi connectivity index (χ3v) is 2.91. The molecule has 1 aromatic carbocycles. The van der Waals surface area contributed by atoms with Crippen molar-refractivity contribution in [2.24, 2.45) is 0 Å². The van der Waals surface area contributed by atoms with Gasteiger partial charge in [-0.2, -0.15) is 0 Å². The van der Waals surface area contributed by atoms with Crippen LogP contribution >= 0.6 is 0 Å². The Balaban J connectivity index is 0. The summed E-state index contributed by atoms with van der Waals surface area (Å²) in [5.74, 6) is 0. The van der Waals surface area contributed by atoms with Crippen LogP contribution in [-0.4, -0.2) is 5.11 Å². The first-order valence-electron chi connectivity index (χ1n) is 5.28. The van der Waals surface area contributed by atoms with Gasteiger partial charge in [0.05, 0.1) is 6.61 Å². The monoisotopic (exact) mass is 318 g/mol. The SMILES string of the molecule is CC1=CC(C)=C(c2ccccc2CO)C1.[Cl-].[Cl-].[Ti+2]. The molecule has 4 heteroatoms. The second kappa shape index (κ2) is 8.95. The van der Waals surface area contributed by atoms with Gasteiger partial charge in [-0.25, -0.2) is 0 Å². The number of hydrogen-bond acceptors (Lipinski definition) is 1. The second-order valence-corrected chi connectivity index (χ2v) is 4.14. The summed E-state index contributed by atoms with van der Waals surface area (Å²) in [7, 11) is 0. The molecule has 0 aliphatic heterocycles. The first kappa shape index (κ1) is 20.3. The molecular formula is C14H16Cl2OTi. The zero-order chi connectivity index (χ0) is 10.8. The van der Waals surface area contributed by atoms with Gasteiger partial charge in [0.1, 0.15) is 0 Å². The van der Waals surface area contributed by atoms with Crippen molar-refractivity contribution in [2.75, 3.05) is 0 Å². The van der Waals surface area contributed by atoms with Gasteiger partial charge in [-0.15, -0.1) is 0 Å². The van der Waals surface area contributed by atoms with E-state index in [2.05, 4.69) is 26.0 Å². The van der Waals surface area contributed by atoms with Crippen LogP contribution in [0.5, 0.6) is 0 Å². The van der Waals surface area contributed by atoms with Gasteiger partial charge in [0, 0.05) is 0 Å². The van der Waals surface area contributed by atoms with Crippen molar-refractivity contribution in [3.8, 4) is 0 Å². The molecule has 0 fully saturated rings. The smallest absolute Gasteiger partial charge is 1.00 e. The maximum absolute atomic E-state index is 9.29. The van der Waals surface area contributed by atoms with Gasteiger partial charge in [0.25, 0.3) is 0 Å². The van der Waals surface area contributed by atoms with Gasteiger partial charge in [-0.05, 0) is 42.5 Å². The summed E-state index contributed by atoms with van der Waals surface area (Å²) < 4.78 is 0. The maximum Gasteiger partial charge on any atom is 2.00 e. The minimum atomic E-state index is 0. The van der Waals surface area contributed by atoms with Crippen LogP contribution in [0.25, 0.3) is 5.57 Å². The van der Waals surface area contributed by atoms with Crippen molar-refractivity contribution in [3.63, 3.8) is 0 Å². The van der Waals surface area contributed by atoms with Gasteiger partial charge in [0.2, 0.25) is 0 Å². The Morgan fingerprint density at radius 3 is 2.22 bits per heavy atom. The summed E-state index contributed by atoms with van der Waals surface area (Å²) in [5.41, 5.74) is 6.31. The molecule has 0 saturated carbocycles.